The largest absolute Gasteiger partial charge is 0.396 e. The zero-order valence-corrected chi connectivity index (χ0v) is 11.9. The van der Waals surface area contributed by atoms with Crippen LogP contribution in [0.3, 0.4) is 0 Å². The molecule has 22 heavy (non-hydrogen) atoms. The number of fused-ring (bicyclic) bond motifs is 2. The van der Waals surface area contributed by atoms with Gasteiger partial charge in [0.15, 0.2) is 0 Å². The van der Waals surface area contributed by atoms with E-state index in [0.717, 1.165) is 22.2 Å². The van der Waals surface area contributed by atoms with Crippen molar-refractivity contribution in [1.82, 2.24) is 14.9 Å². The van der Waals surface area contributed by atoms with Gasteiger partial charge in [0.25, 0.3) is 5.91 Å². The van der Waals surface area contributed by atoms with Crippen molar-refractivity contribution in [2.75, 3.05) is 5.73 Å². The zero-order valence-electron chi connectivity index (χ0n) is 11.9. The lowest BCUT2D eigenvalue weighted by molar-refractivity contribution is 0.0966. The van der Waals surface area contributed by atoms with Crippen molar-refractivity contribution in [2.24, 2.45) is 7.05 Å². The van der Waals surface area contributed by atoms with Crippen LogP contribution in [0.5, 0.6) is 0 Å². The van der Waals surface area contributed by atoms with Crippen molar-refractivity contribution in [2.45, 2.75) is 6.54 Å². The second kappa shape index (κ2) is 4.30. The number of aromatic nitrogens is 2. The smallest absolute Gasteiger partial charge is 0.254 e. The predicted molar refractivity (Wildman–Crippen MR) is 81.7 cm³/mol. The van der Waals surface area contributed by atoms with E-state index in [0.29, 0.717) is 12.1 Å². The Labute approximate surface area is 125 Å². The van der Waals surface area contributed by atoms with E-state index >= 15 is 0 Å². The van der Waals surface area contributed by atoms with Crippen molar-refractivity contribution in [3.05, 3.63) is 47.5 Å². The van der Waals surface area contributed by atoms with Gasteiger partial charge in [0.1, 0.15) is 11.5 Å². The number of rotatable bonds is 1. The summed E-state index contributed by atoms with van der Waals surface area (Å²) in [7, 11) is 1.90. The number of amides is 1. The molecule has 6 heteroatoms. The Balaban J connectivity index is 2.08. The normalized spacial score (nSPS) is 13.5. The average Bonchev–Trinajstić information content (AvgIpc) is 3.07. The summed E-state index contributed by atoms with van der Waals surface area (Å²) in [4.78, 5) is 16.3. The highest BCUT2D eigenvalue weighted by Gasteiger charge is 2.28. The fourth-order valence-corrected chi connectivity index (χ4v) is 3.05. The fraction of sp³-hybridized carbons (Fsp3) is 0.125. The van der Waals surface area contributed by atoms with Crippen molar-refractivity contribution < 1.29 is 9.18 Å². The number of hydrogen-bond donors (Lipinski definition) is 2. The molecule has 0 radical (unpaired) electrons. The summed E-state index contributed by atoms with van der Waals surface area (Å²) in [5.41, 5.74) is 8.96. The van der Waals surface area contributed by atoms with Gasteiger partial charge in [-0.3, -0.25) is 4.79 Å². The highest BCUT2D eigenvalue weighted by atomic mass is 19.1. The first kappa shape index (κ1) is 12.8. The van der Waals surface area contributed by atoms with E-state index in [1.807, 2.05) is 29.9 Å². The molecule has 0 saturated carbocycles. The zero-order chi connectivity index (χ0) is 15.4. The van der Waals surface area contributed by atoms with Gasteiger partial charge in [0.2, 0.25) is 0 Å². The highest BCUT2D eigenvalue weighted by Crippen LogP contribution is 2.37. The molecule has 3 N–H and O–H groups in total. The summed E-state index contributed by atoms with van der Waals surface area (Å²) in [5, 5.41) is 3.62. The molecule has 1 aliphatic rings. The molecular formula is C16H13FN4O. The molecule has 0 unspecified atom stereocenters. The molecule has 1 amide bonds. The van der Waals surface area contributed by atoms with E-state index in [1.165, 1.54) is 6.07 Å². The molecular weight excluding hydrogens is 283 g/mol. The number of nitrogens with two attached hydrogens (primary N) is 1. The molecule has 0 atom stereocenters. The molecule has 0 aliphatic carbocycles. The second-order valence-corrected chi connectivity index (χ2v) is 5.38. The molecule has 0 fully saturated rings. The van der Waals surface area contributed by atoms with E-state index in [9.17, 15) is 9.18 Å². The average molecular weight is 296 g/mol. The number of pyridine rings is 1. The van der Waals surface area contributed by atoms with Crippen LogP contribution in [0.1, 0.15) is 15.9 Å². The van der Waals surface area contributed by atoms with E-state index < -0.39 is 5.82 Å². The van der Waals surface area contributed by atoms with E-state index in [1.54, 1.807) is 6.20 Å². The number of nitrogens with one attached hydrogen (secondary N) is 1. The summed E-state index contributed by atoms with van der Waals surface area (Å²) in [6, 6.07) is 5.16. The Morgan fingerprint density at radius 1 is 1.36 bits per heavy atom. The van der Waals surface area contributed by atoms with E-state index in [4.69, 9.17) is 5.73 Å². The summed E-state index contributed by atoms with van der Waals surface area (Å²) in [6.07, 6.45) is 3.58. The van der Waals surface area contributed by atoms with Crippen LogP contribution in [0.15, 0.2) is 30.6 Å². The lowest BCUT2D eigenvalue weighted by Crippen LogP contribution is -2.14. The molecule has 3 aromatic rings. The van der Waals surface area contributed by atoms with E-state index in [2.05, 4.69) is 10.3 Å². The molecule has 110 valence electrons. The molecule has 1 aliphatic heterocycles. The molecule has 0 spiro atoms. The van der Waals surface area contributed by atoms with Gasteiger partial charge in [-0.2, -0.15) is 0 Å². The fourth-order valence-electron chi connectivity index (χ4n) is 3.05. The third-order valence-corrected chi connectivity index (χ3v) is 4.14. The number of carbonyl (C=O) groups excluding carboxylic acids is 1. The Bertz CT molecular complexity index is 945. The minimum Gasteiger partial charge on any atom is -0.396 e. The van der Waals surface area contributed by atoms with Gasteiger partial charge in [0, 0.05) is 31.4 Å². The summed E-state index contributed by atoms with van der Waals surface area (Å²) < 4.78 is 16.1. The first-order valence-electron chi connectivity index (χ1n) is 6.87. The Kier molecular flexibility index (Phi) is 2.51. The topological polar surface area (TPSA) is 72.9 Å². The SMILES string of the molecule is Cn1ccc2c(-c3cc(F)c(N)c4c3CNC4=O)ccnc21. The number of halogens is 1. The maximum absolute atomic E-state index is 14.2. The maximum Gasteiger partial charge on any atom is 0.254 e. The molecule has 5 nitrogen and oxygen atoms in total. The summed E-state index contributed by atoms with van der Waals surface area (Å²) >= 11 is 0. The van der Waals surface area contributed by atoms with Crippen LogP contribution >= 0.6 is 0 Å². The van der Waals surface area contributed by atoms with Gasteiger partial charge >= 0.3 is 0 Å². The predicted octanol–water partition coefficient (Wildman–Crippen LogP) is 2.21. The Morgan fingerprint density at radius 2 is 2.18 bits per heavy atom. The Morgan fingerprint density at radius 3 is 3.00 bits per heavy atom. The monoisotopic (exact) mass is 296 g/mol. The number of carbonyl (C=O) groups is 1. The van der Waals surface area contributed by atoms with Crippen molar-refractivity contribution >= 4 is 22.6 Å². The van der Waals surface area contributed by atoms with Crippen molar-refractivity contribution in [1.29, 1.82) is 0 Å². The second-order valence-electron chi connectivity index (χ2n) is 5.38. The number of hydrogen-bond acceptors (Lipinski definition) is 3. The van der Waals surface area contributed by atoms with Crippen LogP contribution in [0, 0.1) is 5.82 Å². The van der Waals surface area contributed by atoms with Crippen LogP contribution < -0.4 is 11.1 Å². The minimum atomic E-state index is -0.577. The van der Waals surface area contributed by atoms with Gasteiger partial charge in [-0.05, 0) is 34.9 Å². The Hall–Kier alpha value is -2.89. The molecule has 0 saturated heterocycles. The van der Waals surface area contributed by atoms with Gasteiger partial charge in [-0.1, -0.05) is 0 Å². The first-order valence-corrected chi connectivity index (χ1v) is 6.87. The minimum absolute atomic E-state index is 0.0906. The van der Waals surface area contributed by atoms with Gasteiger partial charge < -0.3 is 15.6 Å². The lowest BCUT2D eigenvalue weighted by Gasteiger charge is -2.11. The number of benzene rings is 1. The highest BCUT2D eigenvalue weighted by molar-refractivity contribution is 6.06. The lowest BCUT2D eigenvalue weighted by atomic mass is 9.94. The van der Waals surface area contributed by atoms with Gasteiger partial charge in [-0.15, -0.1) is 0 Å². The third-order valence-electron chi connectivity index (χ3n) is 4.14. The number of nitrogen functional groups attached to an aromatic ring is 1. The summed E-state index contributed by atoms with van der Waals surface area (Å²) in [5.74, 6) is -0.904. The maximum atomic E-state index is 14.2. The van der Waals surface area contributed by atoms with Gasteiger partial charge in [-0.25, -0.2) is 9.37 Å². The molecule has 4 rings (SSSR count). The van der Waals surface area contributed by atoms with Crippen molar-refractivity contribution in [3.63, 3.8) is 0 Å². The molecule has 0 bridgehead atoms. The molecule has 3 heterocycles. The molecule has 1 aromatic carbocycles. The van der Waals surface area contributed by atoms with Crippen LogP contribution in [0.4, 0.5) is 10.1 Å². The number of aryl methyl sites for hydroxylation is 1. The van der Waals surface area contributed by atoms with Crippen LogP contribution in [0.2, 0.25) is 0 Å². The van der Waals surface area contributed by atoms with Gasteiger partial charge in [0.05, 0.1) is 11.3 Å². The first-order chi connectivity index (χ1) is 10.6. The van der Waals surface area contributed by atoms with Crippen LogP contribution in [0.25, 0.3) is 22.2 Å². The molecule has 2 aromatic heterocycles. The summed E-state index contributed by atoms with van der Waals surface area (Å²) in [6.45, 7) is 0.352. The van der Waals surface area contributed by atoms with E-state index in [-0.39, 0.29) is 17.2 Å². The van der Waals surface area contributed by atoms with Crippen molar-refractivity contribution in [3.8, 4) is 11.1 Å². The quantitative estimate of drug-likeness (QED) is 0.676. The van der Waals surface area contributed by atoms with Crippen LogP contribution in [-0.4, -0.2) is 15.5 Å². The third kappa shape index (κ3) is 1.57. The number of nitrogens with zero attached hydrogens (tertiary/aromatic N) is 2. The standard InChI is InChI=1S/C16H13FN4O/c1-21-5-3-9-8(2-4-19-15(9)21)10-6-12(17)14(18)13-11(10)7-20-16(13)22/h2-6H,7,18H2,1H3,(H,20,22). The number of anilines is 1. The van der Waals surface area contributed by atoms with Crippen LogP contribution in [-0.2, 0) is 13.6 Å².